The number of aromatic nitrogens is 3. The molecule has 1 aliphatic rings. The quantitative estimate of drug-likeness (QED) is 0.329. The number of esters is 1. The Labute approximate surface area is 182 Å². The van der Waals surface area contributed by atoms with Crippen LogP contribution in [-0.4, -0.2) is 40.2 Å². The molecule has 1 atom stereocenters. The van der Waals surface area contributed by atoms with Gasteiger partial charge in [0, 0.05) is 11.4 Å². The first-order valence-electron chi connectivity index (χ1n) is 10.5. The average Bonchev–Trinajstić information content (AvgIpc) is 3.15. The Morgan fingerprint density at radius 2 is 1.93 bits per heavy atom. The van der Waals surface area contributed by atoms with Gasteiger partial charge in [-0.05, 0) is 37.5 Å². The molecule has 162 valence electrons. The summed E-state index contributed by atoms with van der Waals surface area (Å²) >= 11 is 1.63. The first-order chi connectivity index (χ1) is 14.6. The van der Waals surface area contributed by atoms with Gasteiger partial charge in [0.15, 0.2) is 0 Å². The van der Waals surface area contributed by atoms with Crippen LogP contribution < -0.4 is 10.1 Å². The fourth-order valence-electron chi connectivity index (χ4n) is 3.26. The van der Waals surface area contributed by atoms with Crippen LogP contribution >= 0.6 is 11.8 Å². The second-order valence-electron chi connectivity index (χ2n) is 7.19. The summed E-state index contributed by atoms with van der Waals surface area (Å²) in [5, 5.41) is 8.61. The molecule has 0 aliphatic carbocycles. The molecule has 1 N–H and O–H groups in total. The van der Waals surface area contributed by atoms with Gasteiger partial charge in [-0.3, -0.25) is 0 Å². The van der Waals surface area contributed by atoms with Crippen molar-refractivity contribution < 1.29 is 14.3 Å². The standard InChI is InChI=1S/C22H30N4O3S/c1-5-7-13-29-17-11-9-16(10-12-17)19-18(20(27)28-4)15(3)23-21-24-22(25-26(19)21)30-14-8-6-2/h9-12,19H,5-8,13-14H2,1-4H3,(H,23,24,25). The number of rotatable bonds is 10. The molecule has 1 aromatic carbocycles. The first-order valence-corrected chi connectivity index (χ1v) is 11.5. The Bertz CT molecular complexity index is 892. The van der Waals surface area contributed by atoms with E-state index in [0.717, 1.165) is 48.4 Å². The number of carbonyl (C=O) groups excluding carboxylic acids is 1. The van der Waals surface area contributed by atoms with Gasteiger partial charge in [0.05, 0.1) is 19.3 Å². The fraction of sp³-hybridized carbons (Fsp3) is 0.500. The molecule has 7 nitrogen and oxygen atoms in total. The molecule has 3 rings (SSSR count). The molecule has 1 aromatic heterocycles. The van der Waals surface area contributed by atoms with E-state index in [2.05, 4.69) is 24.1 Å². The molecular weight excluding hydrogens is 400 g/mol. The molecule has 2 heterocycles. The largest absolute Gasteiger partial charge is 0.494 e. The third-order valence-electron chi connectivity index (χ3n) is 4.93. The Balaban J connectivity index is 1.93. The lowest BCUT2D eigenvalue weighted by Gasteiger charge is -2.27. The fourth-order valence-corrected chi connectivity index (χ4v) is 4.18. The monoisotopic (exact) mass is 430 g/mol. The zero-order valence-electron chi connectivity index (χ0n) is 18.1. The molecule has 0 saturated carbocycles. The van der Waals surface area contributed by atoms with E-state index in [4.69, 9.17) is 14.6 Å². The number of methoxy groups -OCH3 is 1. The number of ether oxygens (including phenoxy) is 2. The Hall–Kier alpha value is -2.48. The van der Waals surface area contributed by atoms with Crippen molar-refractivity contribution in [1.29, 1.82) is 0 Å². The van der Waals surface area contributed by atoms with Gasteiger partial charge < -0.3 is 14.8 Å². The van der Waals surface area contributed by atoms with Crippen LogP contribution in [0, 0.1) is 0 Å². The number of allylic oxidation sites excluding steroid dienone is 1. The minimum absolute atomic E-state index is 0.380. The van der Waals surface area contributed by atoms with Gasteiger partial charge in [-0.25, -0.2) is 9.48 Å². The van der Waals surface area contributed by atoms with E-state index in [9.17, 15) is 4.79 Å². The van der Waals surface area contributed by atoms with Gasteiger partial charge in [0.1, 0.15) is 11.8 Å². The van der Waals surface area contributed by atoms with Crippen LogP contribution in [0.25, 0.3) is 0 Å². The lowest BCUT2D eigenvalue weighted by atomic mass is 9.96. The van der Waals surface area contributed by atoms with Crippen LogP contribution in [0.15, 0.2) is 40.7 Å². The van der Waals surface area contributed by atoms with Crippen molar-refractivity contribution in [2.75, 3.05) is 24.8 Å². The molecule has 2 aromatic rings. The molecule has 0 saturated heterocycles. The summed E-state index contributed by atoms with van der Waals surface area (Å²) in [6, 6.07) is 7.41. The normalized spacial score (nSPS) is 15.5. The highest BCUT2D eigenvalue weighted by Gasteiger charge is 2.34. The maximum Gasteiger partial charge on any atom is 0.338 e. The van der Waals surface area contributed by atoms with E-state index >= 15 is 0 Å². The van der Waals surface area contributed by atoms with Gasteiger partial charge >= 0.3 is 5.97 Å². The van der Waals surface area contributed by atoms with Crippen LogP contribution in [0.1, 0.15) is 58.1 Å². The zero-order chi connectivity index (χ0) is 21.5. The number of benzene rings is 1. The molecule has 30 heavy (non-hydrogen) atoms. The van der Waals surface area contributed by atoms with Gasteiger partial charge in [0.2, 0.25) is 11.1 Å². The zero-order valence-corrected chi connectivity index (χ0v) is 18.9. The summed E-state index contributed by atoms with van der Waals surface area (Å²) in [5.74, 6) is 2.03. The van der Waals surface area contributed by atoms with Crippen molar-refractivity contribution in [3.63, 3.8) is 0 Å². The Morgan fingerprint density at radius 3 is 2.60 bits per heavy atom. The number of nitrogens with zero attached hydrogens (tertiary/aromatic N) is 3. The van der Waals surface area contributed by atoms with Crippen LogP contribution in [0.5, 0.6) is 5.75 Å². The minimum Gasteiger partial charge on any atom is -0.494 e. The summed E-state index contributed by atoms with van der Waals surface area (Å²) in [4.78, 5) is 17.2. The highest BCUT2D eigenvalue weighted by molar-refractivity contribution is 7.99. The molecule has 1 aliphatic heterocycles. The summed E-state index contributed by atoms with van der Waals surface area (Å²) in [7, 11) is 1.40. The lowest BCUT2D eigenvalue weighted by molar-refractivity contribution is -0.136. The maximum atomic E-state index is 12.6. The van der Waals surface area contributed by atoms with Crippen molar-refractivity contribution in [3.05, 3.63) is 41.1 Å². The Morgan fingerprint density at radius 1 is 1.20 bits per heavy atom. The number of thioether (sulfide) groups is 1. The first kappa shape index (κ1) is 22.2. The van der Waals surface area contributed by atoms with Crippen LogP contribution in [0.2, 0.25) is 0 Å². The van der Waals surface area contributed by atoms with Crippen molar-refractivity contribution in [2.45, 2.75) is 57.7 Å². The maximum absolute atomic E-state index is 12.6. The number of hydrogen-bond acceptors (Lipinski definition) is 7. The molecular formula is C22H30N4O3S. The van der Waals surface area contributed by atoms with E-state index in [0.29, 0.717) is 23.3 Å². The second kappa shape index (κ2) is 10.5. The van der Waals surface area contributed by atoms with Gasteiger partial charge in [-0.1, -0.05) is 50.6 Å². The summed E-state index contributed by atoms with van der Waals surface area (Å²) in [6.45, 7) is 6.86. The molecule has 0 spiro atoms. The van der Waals surface area contributed by atoms with E-state index in [-0.39, 0.29) is 5.97 Å². The SMILES string of the molecule is CCCCOc1ccc(C2C(C(=O)OC)=C(C)Nc3nc(SCCCC)nn32)cc1. The number of fused-ring (bicyclic) bond motifs is 1. The number of nitrogens with one attached hydrogen (secondary N) is 1. The van der Waals surface area contributed by atoms with Crippen LogP contribution in [0.3, 0.4) is 0 Å². The molecule has 0 amide bonds. The van der Waals surface area contributed by atoms with Crippen molar-refractivity contribution in [2.24, 2.45) is 0 Å². The van der Waals surface area contributed by atoms with E-state index in [1.807, 2.05) is 31.2 Å². The van der Waals surface area contributed by atoms with Gasteiger partial charge in [-0.15, -0.1) is 5.10 Å². The van der Waals surface area contributed by atoms with Crippen molar-refractivity contribution in [3.8, 4) is 5.75 Å². The second-order valence-corrected chi connectivity index (χ2v) is 8.26. The van der Waals surface area contributed by atoms with Crippen molar-refractivity contribution in [1.82, 2.24) is 14.8 Å². The summed E-state index contributed by atoms with van der Waals surface area (Å²) in [6.07, 6.45) is 4.34. The summed E-state index contributed by atoms with van der Waals surface area (Å²) in [5.41, 5.74) is 2.18. The topological polar surface area (TPSA) is 78.3 Å². The van der Waals surface area contributed by atoms with Crippen LogP contribution in [0.4, 0.5) is 5.95 Å². The summed E-state index contributed by atoms with van der Waals surface area (Å²) < 4.78 is 12.6. The number of carbonyl (C=O) groups is 1. The number of anilines is 1. The number of unbranched alkanes of at least 4 members (excludes halogenated alkanes) is 2. The van der Waals surface area contributed by atoms with Gasteiger partial charge in [0.25, 0.3) is 0 Å². The average molecular weight is 431 g/mol. The molecule has 8 heteroatoms. The Kier molecular flexibility index (Phi) is 7.79. The molecule has 0 fully saturated rings. The highest BCUT2D eigenvalue weighted by atomic mass is 32.2. The lowest BCUT2D eigenvalue weighted by Crippen LogP contribution is -2.29. The minimum atomic E-state index is -0.411. The van der Waals surface area contributed by atoms with E-state index in [1.54, 1.807) is 16.4 Å². The van der Waals surface area contributed by atoms with E-state index in [1.165, 1.54) is 7.11 Å². The smallest absolute Gasteiger partial charge is 0.338 e. The molecule has 0 bridgehead atoms. The third kappa shape index (κ3) is 4.98. The molecule has 1 unspecified atom stereocenters. The van der Waals surface area contributed by atoms with E-state index < -0.39 is 6.04 Å². The predicted octanol–water partition coefficient (Wildman–Crippen LogP) is 4.81. The van der Waals surface area contributed by atoms with Crippen LogP contribution in [-0.2, 0) is 9.53 Å². The van der Waals surface area contributed by atoms with Gasteiger partial charge in [-0.2, -0.15) is 4.98 Å². The number of hydrogen-bond donors (Lipinski definition) is 1. The molecule has 0 radical (unpaired) electrons. The third-order valence-corrected chi connectivity index (χ3v) is 5.85. The van der Waals surface area contributed by atoms with Crippen molar-refractivity contribution >= 4 is 23.7 Å². The predicted molar refractivity (Wildman–Crippen MR) is 119 cm³/mol. The highest BCUT2D eigenvalue weighted by Crippen LogP contribution is 2.37.